The predicted octanol–water partition coefficient (Wildman–Crippen LogP) is 5.09. The van der Waals surface area contributed by atoms with E-state index in [0.29, 0.717) is 0 Å². The molecule has 0 aromatic carbocycles. The third kappa shape index (κ3) is 3.72. The molecule has 0 fully saturated rings. The first-order chi connectivity index (χ1) is 9.74. The summed E-state index contributed by atoms with van der Waals surface area (Å²) in [7, 11) is 0. The Balaban J connectivity index is 2.02. The molecule has 0 saturated heterocycles. The molecule has 1 unspecified atom stereocenters. The monoisotopic (exact) mass is 293 g/mol. The molecule has 0 bridgehead atoms. The summed E-state index contributed by atoms with van der Waals surface area (Å²) in [5.74, 6) is 0.939. The number of alkyl halides is 1. The molecule has 20 heavy (non-hydrogen) atoms. The fourth-order valence-corrected chi connectivity index (χ4v) is 2.72. The third-order valence-electron chi connectivity index (χ3n) is 3.62. The average Bonchev–Trinajstić information content (AvgIpc) is 2.82. The minimum Gasteiger partial charge on any atom is -0.311 e. The standard InChI is InChI=1S/C16H24ClN3/c1-3-4-5-6-7-8-12-20-15(13(2)17)19-14-10-9-11-18-16(14)20/h9-11,13H,3-8,12H2,1-2H3. The first kappa shape index (κ1) is 15.3. The molecule has 0 aliphatic heterocycles. The molecular weight excluding hydrogens is 270 g/mol. The number of aromatic nitrogens is 3. The van der Waals surface area contributed by atoms with E-state index in [1.165, 1.54) is 38.5 Å². The van der Waals surface area contributed by atoms with Gasteiger partial charge in [-0.3, -0.25) is 0 Å². The number of hydrogen-bond donors (Lipinski definition) is 0. The van der Waals surface area contributed by atoms with Gasteiger partial charge in [-0.05, 0) is 25.5 Å². The van der Waals surface area contributed by atoms with Crippen molar-refractivity contribution < 1.29 is 0 Å². The van der Waals surface area contributed by atoms with Crippen molar-refractivity contribution in [2.75, 3.05) is 0 Å². The van der Waals surface area contributed by atoms with Crippen LogP contribution in [0.15, 0.2) is 18.3 Å². The van der Waals surface area contributed by atoms with Crippen LogP contribution < -0.4 is 0 Å². The largest absolute Gasteiger partial charge is 0.311 e. The van der Waals surface area contributed by atoms with Crippen LogP contribution >= 0.6 is 11.6 Å². The Hall–Kier alpha value is -1.09. The van der Waals surface area contributed by atoms with Gasteiger partial charge in [-0.25, -0.2) is 9.97 Å². The Bertz CT molecular complexity index is 534. The molecule has 2 aromatic heterocycles. The van der Waals surface area contributed by atoms with E-state index in [4.69, 9.17) is 11.6 Å². The SMILES string of the molecule is CCCCCCCCn1c(C(C)Cl)nc2cccnc21. The van der Waals surface area contributed by atoms with Crippen molar-refractivity contribution >= 4 is 22.8 Å². The number of nitrogens with zero attached hydrogens (tertiary/aromatic N) is 3. The van der Waals surface area contributed by atoms with Gasteiger partial charge in [0.25, 0.3) is 0 Å². The molecule has 2 aromatic rings. The first-order valence-electron chi connectivity index (χ1n) is 7.69. The molecule has 4 heteroatoms. The number of fused-ring (bicyclic) bond motifs is 1. The van der Waals surface area contributed by atoms with Crippen LogP contribution in [0.3, 0.4) is 0 Å². The summed E-state index contributed by atoms with van der Waals surface area (Å²) in [4.78, 5) is 9.06. The summed E-state index contributed by atoms with van der Waals surface area (Å²) in [5, 5.41) is -0.0794. The molecule has 0 aliphatic carbocycles. The van der Waals surface area contributed by atoms with Crippen molar-refractivity contribution in [1.82, 2.24) is 14.5 Å². The average molecular weight is 294 g/mol. The minimum absolute atomic E-state index is 0.0794. The Kier molecular flexibility index (Phi) is 5.84. The van der Waals surface area contributed by atoms with Gasteiger partial charge in [-0.15, -0.1) is 11.6 Å². The van der Waals surface area contributed by atoms with E-state index in [1.54, 1.807) is 0 Å². The van der Waals surface area contributed by atoms with Gasteiger partial charge in [-0.2, -0.15) is 0 Å². The maximum atomic E-state index is 6.25. The maximum absolute atomic E-state index is 6.25. The van der Waals surface area contributed by atoms with Crippen LogP contribution in [0.4, 0.5) is 0 Å². The van der Waals surface area contributed by atoms with Crippen LogP contribution in [0.25, 0.3) is 11.2 Å². The Morgan fingerprint density at radius 1 is 1.20 bits per heavy atom. The van der Waals surface area contributed by atoms with Crippen molar-refractivity contribution in [3.63, 3.8) is 0 Å². The zero-order valence-electron chi connectivity index (χ0n) is 12.5. The van der Waals surface area contributed by atoms with Crippen LogP contribution in [0.5, 0.6) is 0 Å². The number of pyridine rings is 1. The maximum Gasteiger partial charge on any atom is 0.160 e. The number of rotatable bonds is 8. The molecule has 0 aliphatic rings. The smallest absolute Gasteiger partial charge is 0.160 e. The van der Waals surface area contributed by atoms with E-state index in [1.807, 2.05) is 25.3 Å². The fraction of sp³-hybridized carbons (Fsp3) is 0.625. The van der Waals surface area contributed by atoms with E-state index in [9.17, 15) is 0 Å². The fourth-order valence-electron chi connectivity index (χ4n) is 2.55. The Morgan fingerprint density at radius 2 is 1.95 bits per heavy atom. The van der Waals surface area contributed by atoms with Crippen LogP contribution in [0.1, 0.15) is 63.6 Å². The van der Waals surface area contributed by atoms with Gasteiger partial charge < -0.3 is 4.57 Å². The highest BCUT2D eigenvalue weighted by Gasteiger charge is 2.14. The number of unbranched alkanes of at least 4 members (excludes halogenated alkanes) is 5. The molecule has 0 radical (unpaired) electrons. The Morgan fingerprint density at radius 3 is 2.70 bits per heavy atom. The number of aryl methyl sites for hydroxylation is 1. The topological polar surface area (TPSA) is 30.7 Å². The van der Waals surface area contributed by atoms with Gasteiger partial charge in [0.15, 0.2) is 5.65 Å². The van der Waals surface area contributed by atoms with Crippen LogP contribution in [-0.2, 0) is 6.54 Å². The van der Waals surface area contributed by atoms with E-state index in [-0.39, 0.29) is 5.38 Å². The van der Waals surface area contributed by atoms with Crippen molar-refractivity contribution in [2.24, 2.45) is 0 Å². The van der Waals surface area contributed by atoms with Crippen molar-refractivity contribution in [1.29, 1.82) is 0 Å². The number of hydrogen-bond acceptors (Lipinski definition) is 2. The predicted molar refractivity (Wildman–Crippen MR) is 85.2 cm³/mol. The molecular formula is C16H24ClN3. The van der Waals surface area contributed by atoms with Gasteiger partial charge in [-0.1, -0.05) is 39.0 Å². The highest BCUT2D eigenvalue weighted by atomic mass is 35.5. The van der Waals surface area contributed by atoms with Gasteiger partial charge in [0.1, 0.15) is 11.3 Å². The lowest BCUT2D eigenvalue weighted by atomic mass is 10.1. The third-order valence-corrected chi connectivity index (χ3v) is 3.82. The quantitative estimate of drug-likeness (QED) is 0.501. The van der Waals surface area contributed by atoms with Crippen molar-refractivity contribution in [3.05, 3.63) is 24.2 Å². The van der Waals surface area contributed by atoms with Crippen LogP contribution in [0.2, 0.25) is 0 Å². The summed E-state index contributed by atoms with van der Waals surface area (Å²) >= 11 is 6.25. The normalized spacial score (nSPS) is 12.9. The lowest BCUT2D eigenvalue weighted by molar-refractivity contribution is 0.551. The molecule has 0 saturated carbocycles. The van der Waals surface area contributed by atoms with E-state index in [2.05, 4.69) is 21.5 Å². The van der Waals surface area contributed by atoms with Gasteiger partial charge in [0, 0.05) is 12.7 Å². The van der Waals surface area contributed by atoms with E-state index in [0.717, 1.165) is 23.5 Å². The highest BCUT2D eigenvalue weighted by molar-refractivity contribution is 6.20. The molecule has 2 rings (SSSR count). The Labute approximate surface area is 126 Å². The number of halogens is 1. The summed E-state index contributed by atoms with van der Waals surface area (Å²) in [5.41, 5.74) is 1.91. The van der Waals surface area contributed by atoms with Gasteiger partial charge in [0.05, 0.1) is 5.38 Å². The van der Waals surface area contributed by atoms with Crippen LogP contribution in [-0.4, -0.2) is 14.5 Å². The van der Waals surface area contributed by atoms with Gasteiger partial charge >= 0.3 is 0 Å². The molecule has 0 N–H and O–H groups in total. The molecule has 110 valence electrons. The lowest BCUT2D eigenvalue weighted by Gasteiger charge is -2.09. The number of imidazole rings is 1. The van der Waals surface area contributed by atoms with E-state index >= 15 is 0 Å². The van der Waals surface area contributed by atoms with Crippen molar-refractivity contribution in [2.45, 2.75) is 64.3 Å². The highest BCUT2D eigenvalue weighted by Crippen LogP contribution is 2.24. The lowest BCUT2D eigenvalue weighted by Crippen LogP contribution is -2.05. The molecule has 0 amide bonds. The summed E-state index contributed by atoms with van der Waals surface area (Å²) in [6.45, 7) is 5.18. The zero-order valence-corrected chi connectivity index (χ0v) is 13.2. The van der Waals surface area contributed by atoms with Crippen molar-refractivity contribution in [3.8, 4) is 0 Å². The first-order valence-corrected chi connectivity index (χ1v) is 8.13. The molecule has 1 atom stereocenters. The summed E-state index contributed by atoms with van der Waals surface area (Å²) in [6, 6.07) is 3.93. The molecule has 0 spiro atoms. The minimum atomic E-state index is -0.0794. The second kappa shape index (κ2) is 7.63. The summed E-state index contributed by atoms with van der Waals surface area (Å²) < 4.78 is 2.19. The molecule has 2 heterocycles. The van der Waals surface area contributed by atoms with E-state index < -0.39 is 0 Å². The second-order valence-electron chi connectivity index (χ2n) is 5.35. The van der Waals surface area contributed by atoms with Gasteiger partial charge in [0.2, 0.25) is 0 Å². The summed E-state index contributed by atoms with van der Waals surface area (Å²) in [6.07, 6.45) is 9.57. The van der Waals surface area contributed by atoms with Crippen LogP contribution in [0, 0.1) is 0 Å². The second-order valence-corrected chi connectivity index (χ2v) is 6.01. The zero-order chi connectivity index (χ0) is 14.4. The molecule has 3 nitrogen and oxygen atoms in total.